The minimum atomic E-state index is -0.312. The Balaban J connectivity index is 1.40. The summed E-state index contributed by atoms with van der Waals surface area (Å²) in [5.41, 5.74) is 0.884. The zero-order chi connectivity index (χ0) is 18.4. The fraction of sp³-hybridized carbons (Fsp3) is 0.278. The smallest absolute Gasteiger partial charge is 0.248 e. The van der Waals surface area contributed by atoms with Gasteiger partial charge in [-0.2, -0.15) is 11.3 Å². The molecule has 0 aliphatic heterocycles. The summed E-state index contributed by atoms with van der Waals surface area (Å²) in [6.45, 7) is 0.761. The first-order valence-electron chi connectivity index (χ1n) is 8.09. The molecule has 8 heteroatoms. The van der Waals surface area contributed by atoms with E-state index in [1.54, 1.807) is 35.4 Å². The van der Waals surface area contributed by atoms with E-state index >= 15 is 0 Å². The fourth-order valence-corrected chi connectivity index (χ4v) is 2.85. The average molecular weight is 375 g/mol. The first kappa shape index (κ1) is 18.1. The predicted molar refractivity (Wildman–Crippen MR) is 95.5 cm³/mol. The maximum absolute atomic E-state index is 12.8. The van der Waals surface area contributed by atoms with Crippen LogP contribution in [0.1, 0.15) is 12.3 Å². The highest BCUT2D eigenvalue weighted by molar-refractivity contribution is 7.08. The van der Waals surface area contributed by atoms with Crippen LogP contribution < -0.4 is 4.74 Å². The zero-order valence-electron chi connectivity index (χ0n) is 14.2. The van der Waals surface area contributed by atoms with E-state index in [1.807, 2.05) is 16.8 Å². The van der Waals surface area contributed by atoms with Crippen LogP contribution in [0.15, 0.2) is 45.5 Å². The van der Waals surface area contributed by atoms with Crippen molar-refractivity contribution in [2.75, 3.05) is 20.2 Å². The SMILES string of the molecule is CN(CCOc1ccc(F)cc1)C(=O)CCc1nnc(-c2ccsc2)o1. The van der Waals surface area contributed by atoms with E-state index in [-0.39, 0.29) is 18.1 Å². The van der Waals surface area contributed by atoms with Crippen LogP contribution in [0.3, 0.4) is 0 Å². The van der Waals surface area contributed by atoms with E-state index in [4.69, 9.17) is 9.15 Å². The highest BCUT2D eigenvalue weighted by atomic mass is 32.1. The Morgan fingerprint density at radius 3 is 2.81 bits per heavy atom. The number of rotatable bonds is 8. The summed E-state index contributed by atoms with van der Waals surface area (Å²) < 4.78 is 23.9. The number of aromatic nitrogens is 2. The molecular weight excluding hydrogens is 357 g/mol. The largest absolute Gasteiger partial charge is 0.492 e. The van der Waals surface area contributed by atoms with Crippen LogP contribution >= 0.6 is 11.3 Å². The Labute approximate surface area is 154 Å². The van der Waals surface area contributed by atoms with Crippen LogP contribution in [-0.4, -0.2) is 41.2 Å². The Hall–Kier alpha value is -2.74. The monoisotopic (exact) mass is 375 g/mol. The summed E-state index contributed by atoms with van der Waals surface area (Å²) in [4.78, 5) is 13.8. The van der Waals surface area contributed by atoms with Crippen LogP contribution in [0.25, 0.3) is 11.5 Å². The number of carbonyl (C=O) groups is 1. The third-order valence-corrected chi connectivity index (χ3v) is 4.41. The Morgan fingerprint density at radius 2 is 2.08 bits per heavy atom. The molecule has 3 rings (SSSR count). The first-order valence-corrected chi connectivity index (χ1v) is 9.03. The van der Waals surface area contributed by atoms with Crippen LogP contribution in [0.2, 0.25) is 0 Å². The number of likely N-dealkylation sites (N-methyl/N-ethyl adjacent to an activating group) is 1. The molecule has 1 amide bonds. The molecule has 0 aliphatic carbocycles. The number of hydrogen-bond acceptors (Lipinski definition) is 6. The molecule has 0 unspecified atom stereocenters. The zero-order valence-corrected chi connectivity index (χ0v) is 15.0. The standard InChI is InChI=1S/C18H18FN3O3S/c1-22(9-10-24-15-4-2-14(19)3-5-15)17(23)7-6-16-20-21-18(25-16)13-8-11-26-12-13/h2-5,8,11-12H,6-7,9-10H2,1H3. The van der Waals surface area contributed by atoms with Crippen molar-refractivity contribution in [1.82, 2.24) is 15.1 Å². The van der Waals surface area contributed by atoms with Crippen molar-refractivity contribution in [2.24, 2.45) is 0 Å². The molecule has 6 nitrogen and oxygen atoms in total. The molecule has 0 N–H and O–H groups in total. The number of carbonyl (C=O) groups excluding carboxylic acids is 1. The number of hydrogen-bond donors (Lipinski definition) is 0. The summed E-state index contributed by atoms with van der Waals surface area (Å²) in [7, 11) is 1.71. The molecule has 0 fully saturated rings. The maximum atomic E-state index is 12.8. The van der Waals surface area contributed by atoms with Gasteiger partial charge in [0.25, 0.3) is 0 Å². The van der Waals surface area contributed by atoms with Gasteiger partial charge in [-0.05, 0) is 35.7 Å². The molecule has 1 aromatic carbocycles. The second-order valence-corrected chi connectivity index (χ2v) is 6.41. The van der Waals surface area contributed by atoms with Crippen LogP contribution in [0.5, 0.6) is 5.75 Å². The molecule has 0 radical (unpaired) electrons. The van der Waals surface area contributed by atoms with Gasteiger partial charge < -0.3 is 14.1 Å². The Morgan fingerprint density at radius 1 is 1.27 bits per heavy atom. The number of ether oxygens (including phenoxy) is 1. The topological polar surface area (TPSA) is 68.5 Å². The number of aryl methyl sites for hydroxylation is 1. The highest BCUT2D eigenvalue weighted by Crippen LogP contribution is 2.20. The van der Waals surface area contributed by atoms with Crippen LogP contribution in [0.4, 0.5) is 4.39 Å². The lowest BCUT2D eigenvalue weighted by Crippen LogP contribution is -2.31. The molecular formula is C18H18FN3O3S. The first-order chi connectivity index (χ1) is 12.6. The molecule has 26 heavy (non-hydrogen) atoms. The van der Waals surface area contributed by atoms with Gasteiger partial charge in [0.05, 0.1) is 6.54 Å². The van der Waals surface area contributed by atoms with Gasteiger partial charge in [-0.1, -0.05) is 0 Å². The van der Waals surface area contributed by atoms with Gasteiger partial charge in [0, 0.05) is 30.8 Å². The Kier molecular flexibility index (Phi) is 5.96. The summed E-state index contributed by atoms with van der Waals surface area (Å²) in [6, 6.07) is 7.68. The molecule has 136 valence electrons. The van der Waals surface area contributed by atoms with E-state index in [0.717, 1.165) is 5.56 Å². The summed E-state index contributed by atoms with van der Waals surface area (Å²) in [5.74, 6) is 1.13. The normalized spacial score (nSPS) is 10.7. The summed E-state index contributed by atoms with van der Waals surface area (Å²) in [6.07, 6.45) is 0.664. The molecule has 2 aromatic heterocycles. The molecule has 2 heterocycles. The molecule has 0 spiro atoms. The van der Waals surface area contributed by atoms with Crippen molar-refractivity contribution >= 4 is 17.2 Å². The quantitative estimate of drug-likeness (QED) is 0.604. The third kappa shape index (κ3) is 4.89. The number of benzene rings is 1. The van der Waals surface area contributed by atoms with Gasteiger partial charge in [-0.15, -0.1) is 10.2 Å². The minimum absolute atomic E-state index is 0.0389. The highest BCUT2D eigenvalue weighted by Gasteiger charge is 2.13. The third-order valence-electron chi connectivity index (χ3n) is 3.72. The van der Waals surface area contributed by atoms with Crippen molar-refractivity contribution in [3.63, 3.8) is 0 Å². The molecule has 3 aromatic rings. The van der Waals surface area contributed by atoms with Crippen molar-refractivity contribution < 1.29 is 18.3 Å². The van der Waals surface area contributed by atoms with Crippen molar-refractivity contribution in [2.45, 2.75) is 12.8 Å². The van der Waals surface area contributed by atoms with Crippen molar-refractivity contribution in [3.8, 4) is 17.2 Å². The van der Waals surface area contributed by atoms with Gasteiger partial charge in [0.15, 0.2) is 0 Å². The molecule has 0 saturated carbocycles. The number of amides is 1. The number of nitrogens with zero attached hydrogens (tertiary/aromatic N) is 3. The van der Waals surface area contributed by atoms with E-state index in [9.17, 15) is 9.18 Å². The lowest BCUT2D eigenvalue weighted by molar-refractivity contribution is -0.130. The molecule has 0 atom stereocenters. The van der Waals surface area contributed by atoms with Crippen LogP contribution in [0, 0.1) is 5.82 Å². The lowest BCUT2D eigenvalue weighted by atomic mass is 10.3. The fourth-order valence-electron chi connectivity index (χ4n) is 2.22. The predicted octanol–water partition coefficient (Wildman–Crippen LogP) is 3.41. The summed E-state index contributed by atoms with van der Waals surface area (Å²) >= 11 is 1.55. The molecule has 0 saturated heterocycles. The second kappa shape index (κ2) is 8.57. The lowest BCUT2D eigenvalue weighted by Gasteiger charge is -2.17. The summed E-state index contributed by atoms with van der Waals surface area (Å²) in [5, 5.41) is 11.8. The van der Waals surface area contributed by atoms with Crippen molar-refractivity contribution in [3.05, 3.63) is 52.8 Å². The molecule has 0 aliphatic rings. The van der Waals surface area contributed by atoms with Gasteiger partial charge >= 0.3 is 0 Å². The van der Waals surface area contributed by atoms with E-state index in [2.05, 4.69) is 10.2 Å². The second-order valence-electron chi connectivity index (χ2n) is 5.63. The van der Waals surface area contributed by atoms with Gasteiger partial charge in [0.1, 0.15) is 18.2 Å². The minimum Gasteiger partial charge on any atom is -0.492 e. The van der Waals surface area contributed by atoms with Crippen LogP contribution in [-0.2, 0) is 11.2 Å². The molecule has 0 bridgehead atoms. The van der Waals surface area contributed by atoms with E-state index in [1.165, 1.54) is 12.1 Å². The average Bonchev–Trinajstić information content (AvgIpc) is 3.32. The van der Waals surface area contributed by atoms with Crippen molar-refractivity contribution in [1.29, 1.82) is 0 Å². The van der Waals surface area contributed by atoms with E-state index < -0.39 is 0 Å². The number of thiophene rings is 1. The van der Waals surface area contributed by atoms with Gasteiger partial charge in [-0.3, -0.25) is 4.79 Å². The van der Waals surface area contributed by atoms with Gasteiger partial charge in [0.2, 0.25) is 17.7 Å². The number of halogens is 1. The Bertz CT molecular complexity index is 834. The van der Waals surface area contributed by atoms with E-state index in [0.29, 0.717) is 37.1 Å². The maximum Gasteiger partial charge on any atom is 0.248 e. The van der Waals surface area contributed by atoms with Gasteiger partial charge in [-0.25, -0.2) is 4.39 Å².